The van der Waals surface area contributed by atoms with Crippen molar-refractivity contribution in [3.63, 3.8) is 0 Å². The van der Waals surface area contributed by atoms with Crippen LogP contribution in [0.3, 0.4) is 0 Å². The third-order valence-electron chi connectivity index (χ3n) is 5.63. The molecule has 2 aromatic rings. The minimum Gasteiger partial charge on any atom is -0.481 e. The normalized spacial score (nSPS) is 17.8. The summed E-state index contributed by atoms with van der Waals surface area (Å²) in [6.45, 7) is 2.00. The lowest BCUT2D eigenvalue weighted by molar-refractivity contribution is -0.123. The average Bonchev–Trinajstić information content (AvgIpc) is 2.93. The summed E-state index contributed by atoms with van der Waals surface area (Å²) in [5, 5.41) is 0.419. The van der Waals surface area contributed by atoms with Crippen LogP contribution in [0.15, 0.2) is 30.6 Å². The number of anilines is 2. The van der Waals surface area contributed by atoms with E-state index < -0.39 is 5.54 Å². The van der Waals surface area contributed by atoms with Crippen LogP contribution in [0.2, 0.25) is 0 Å². The van der Waals surface area contributed by atoms with Crippen LogP contribution in [0.5, 0.6) is 5.88 Å². The molecule has 2 fully saturated rings. The fraction of sp³-hybridized carbons (Fsp3) is 0.333. The van der Waals surface area contributed by atoms with Crippen molar-refractivity contribution < 1.29 is 9.53 Å². The predicted octanol–water partition coefficient (Wildman–Crippen LogP) is 3.45. The molecule has 1 aliphatic carbocycles. The molecule has 0 bridgehead atoms. The monoisotopic (exact) mass is 456 g/mol. The van der Waals surface area contributed by atoms with Gasteiger partial charge in [-0.3, -0.25) is 9.69 Å². The summed E-state index contributed by atoms with van der Waals surface area (Å²) in [4.78, 5) is 25.5. The highest BCUT2D eigenvalue weighted by Crippen LogP contribution is 2.48. The molecular formula is C21H22N4O2P2S. The first kappa shape index (κ1) is 21.1. The summed E-state index contributed by atoms with van der Waals surface area (Å²) in [6, 6.07) is 5.55. The molecule has 3 heterocycles. The largest absolute Gasteiger partial charge is 0.481 e. The third kappa shape index (κ3) is 3.19. The summed E-state index contributed by atoms with van der Waals surface area (Å²) in [6.07, 6.45) is 11.4. The van der Waals surface area contributed by atoms with Crippen LogP contribution in [0.1, 0.15) is 37.4 Å². The van der Waals surface area contributed by atoms with E-state index in [0.717, 1.165) is 30.5 Å². The molecule has 0 radical (unpaired) electrons. The number of terminal acetylenes is 1. The number of aromatic nitrogens is 2. The Bertz CT molecular complexity index is 1070. The summed E-state index contributed by atoms with van der Waals surface area (Å²) < 4.78 is 5.16. The quantitative estimate of drug-likeness (QED) is 0.399. The van der Waals surface area contributed by atoms with Crippen molar-refractivity contribution in [1.29, 1.82) is 0 Å². The van der Waals surface area contributed by atoms with Crippen LogP contribution < -0.4 is 14.5 Å². The number of rotatable bonds is 4. The van der Waals surface area contributed by atoms with E-state index in [9.17, 15) is 4.79 Å². The van der Waals surface area contributed by atoms with E-state index in [4.69, 9.17) is 23.4 Å². The second kappa shape index (κ2) is 7.54. The van der Waals surface area contributed by atoms with Crippen LogP contribution in [-0.4, -0.2) is 33.6 Å². The van der Waals surface area contributed by atoms with Gasteiger partial charge in [0, 0.05) is 16.5 Å². The molecule has 2 atom stereocenters. The Labute approximate surface area is 186 Å². The van der Waals surface area contributed by atoms with E-state index in [1.807, 2.05) is 24.0 Å². The van der Waals surface area contributed by atoms with Crippen molar-refractivity contribution in [2.45, 2.75) is 36.6 Å². The molecule has 154 valence electrons. The number of amides is 1. The van der Waals surface area contributed by atoms with Gasteiger partial charge < -0.3 is 9.64 Å². The van der Waals surface area contributed by atoms with Gasteiger partial charge in [0.15, 0.2) is 5.11 Å². The molecule has 2 aromatic heterocycles. The molecule has 1 aliphatic heterocycles. The lowest BCUT2D eigenvalue weighted by Gasteiger charge is -2.42. The molecule has 0 N–H and O–H groups in total. The number of carbonyl (C=O) groups excluding carboxylic acids is 1. The minimum absolute atomic E-state index is 0.0370. The number of ether oxygens (including phenoxy) is 1. The van der Waals surface area contributed by atoms with Crippen molar-refractivity contribution in [1.82, 2.24) is 9.97 Å². The van der Waals surface area contributed by atoms with E-state index in [1.54, 1.807) is 30.5 Å². The van der Waals surface area contributed by atoms with Gasteiger partial charge in [0.2, 0.25) is 5.88 Å². The molecular weight excluding hydrogens is 434 g/mol. The molecule has 1 saturated heterocycles. The van der Waals surface area contributed by atoms with Gasteiger partial charge >= 0.3 is 0 Å². The molecule has 6 nitrogen and oxygen atoms in total. The lowest BCUT2D eigenvalue weighted by atomic mass is 9.75. The lowest BCUT2D eigenvalue weighted by Crippen LogP contribution is -2.55. The molecule has 1 spiro atoms. The number of hydrogen-bond acceptors (Lipinski definition) is 5. The number of hydrogen-bond donors (Lipinski definition) is 0. The maximum absolute atomic E-state index is 13.6. The Kier molecular flexibility index (Phi) is 5.31. The maximum atomic E-state index is 13.6. The van der Waals surface area contributed by atoms with Crippen molar-refractivity contribution >= 4 is 53.1 Å². The van der Waals surface area contributed by atoms with E-state index in [1.165, 1.54) is 0 Å². The van der Waals surface area contributed by atoms with E-state index in [2.05, 4.69) is 34.4 Å². The van der Waals surface area contributed by atoms with Gasteiger partial charge in [-0.2, -0.15) is 0 Å². The van der Waals surface area contributed by atoms with Gasteiger partial charge in [0.25, 0.3) is 5.91 Å². The predicted molar refractivity (Wildman–Crippen MR) is 129 cm³/mol. The number of carbonyl (C=O) groups is 1. The maximum Gasteiger partial charge on any atom is 0.259 e. The van der Waals surface area contributed by atoms with Gasteiger partial charge in [0.05, 0.1) is 30.9 Å². The molecule has 1 amide bonds. The summed E-state index contributed by atoms with van der Waals surface area (Å²) >= 11 is 5.80. The second-order valence-corrected chi connectivity index (χ2v) is 11.1. The number of pyridine rings is 2. The zero-order valence-corrected chi connectivity index (χ0v) is 19.9. The zero-order chi connectivity index (χ0) is 21.7. The van der Waals surface area contributed by atoms with Gasteiger partial charge in [-0.1, -0.05) is 0 Å². The Balaban J connectivity index is 1.80. The van der Waals surface area contributed by atoms with Crippen molar-refractivity contribution in [2.24, 2.45) is 0 Å². The second-order valence-electron chi connectivity index (χ2n) is 7.72. The van der Waals surface area contributed by atoms with Crippen molar-refractivity contribution in [2.75, 3.05) is 16.9 Å². The number of nitrogens with zero attached hydrogens (tertiary/aromatic N) is 4. The van der Waals surface area contributed by atoms with Crippen molar-refractivity contribution in [3.05, 3.63) is 41.9 Å². The van der Waals surface area contributed by atoms with Crippen LogP contribution >= 0.6 is 30.7 Å². The molecule has 30 heavy (non-hydrogen) atoms. The van der Waals surface area contributed by atoms with Crippen LogP contribution in [0.25, 0.3) is 0 Å². The molecule has 2 aliphatic rings. The SMILES string of the molecule is C#Cc1ncc(N2C(=O)C3(CCC3)N(c3ccc(OC)nc3)C2=S)cc1C(C)(P)P. The number of methoxy groups -OCH3 is 1. The molecule has 0 aromatic carbocycles. The highest BCUT2D eigenvalue weighted by molar-refractivity contribution is 7.81. The average molecular weight is 456 g/mol. The molecule has 2 unspecified atom stereocenters. The van der Waals surface area contributed by atoms with Crippen molar-refractivity contribution in [3.8, 4) is 18.2 Å². The van der Waals surface area contributed by atoms with E-state index in [-0.39, 0.29) is 10.8 Å². The summed E-state index contributed by atoms with van der Waals surface area (Å²) in [5.74, 6) is 3.09. The smallest absolute Gasteiger partial charge is 0.259 e. The topological polar surface area (TPSA) is 58.6 Å². The highest BCUT2D eigenvalue weighted by Gasteiger charge is 2.59. The first-order valence-corrected chi connectivity index (χ1v) is 11.0. The molecule has 4 rings (SSSR count). The molecule has 1 saturated carbocycles. The first-order valence-electron chi connectivity index (χ1n) is 9.46. The standard InChI is InChI=1S/C21H22N4O2P2S/c1-4-16-15(20(2,28)29)10-14(12-22-16)24-18(26)21(8-5-9-21)25(19(24)30)13-6-7-17(27-3)23-11-13/h1,6-7,10-12H,5,8-9,28-29H2,2-3H3. The van der Waals surface area contributed by atoms with Crippen LogP contribution in [0.4, 0.5) is 11.4 Å². The fourth-order valence-corrected chi connectivity index (χ4v) is 4.84. The van der Waals surface area contributed by atoms with E-state index in [0.29, 0.717) is 22.4 Å². The zero-order valence-electron chi connectivity index (χ0n) is 16.8. The van der Waals surface area contributed by atoms with Gasteiger partial charge in [-0.25, -0.2) is 9.97 Å². The Hall–Kier alpha value is -2.12. The van der Waals surface area contributed by atoms with E-state index >= 15 is 0 Å². The third-order valence-corrected chi connectivity index (χ3v) is 6.62. The van der Waals surface area contributed by atoms with Crippen LogP contribution in [-0.2, 0) is 9.69 Å². The summed E-state index contributed by atoms with van der Waals surface area (Å²) in [5.41, 5.74) is 2.08. The number of thiocarbonyl (C=S) groups is 1. The minimum atomic E-state index is -0.677. The van der Waals surface area contributed by atoms with Gasteiger partial charge in [-0.05, 0) is 56.5 Å². The van der Waals surface area contributed by atoms with Gasteiger partial charge in [0.1, 0.15) is 11.2 Å². The fourth-order valence-electron chi connectivity index (χ4n) is 3.94. The Morgan fingerprint density at radius 2 is 1.97 bits per heavy atom. The Morgan fingerprint density at radius 1 is 1.27 bits per heavy atom. The summed E-state index contributed by atoms with van der Waals surface area (Å²) in [7, 11) is 7.05. The molecule has 9 heteroatoms. The Morgan fingerprint density at radius 3 is 2.47 bits per heavy atom. The highest BCUT2D eigenvalue weighted by atomic mass is 32.1. The first-order chi connectivity index (χ1) is 14.2. The van der Waals surface area contributed by atoms with Gasteiger partial charge in [-0.15, -0.1) is 24.9 Å². The van der Waals surface area contributed by atoms with Crippen LogP contribution in [0, 0.1) is 12.3 Å².